The van der Waals surface area contributed by atoms with Crippen LogP contribution in [0.4, 0.5) is 5.69 Å². The molecule has 26 heavy (non-hydrogen) atoms. The Kier molecular flexibility index (Phi) is 4.86. The van der Waals surface area contributed by atoms with Crippen LogP contribution in [-0.2, 0) is 10.0 Å². The molecule has 8 nitrogen and oxygen atoms in total. The van der Waals surface area contributed by atoms with Gasteiger partial charge in [-0.05, 0) is 36.4 Å². The molecule has 1 amide bonds. The van der Waals surface area contributed by atoms with Crippen LogP contribution in [0.5, 0.6) is 0 Å². The van der Waals surface area contributed by atoms with Crippen molar-refractivity contribution in [2.45, 2.75) is 4.90 Å². The lowest BCUT2D eigenvalue weighted by atomic mass is 10.3. The van der Waals surface area contributed by atoms with Gasteiger partial charge in [0.1, 0.15) is 15.7 Å². The van der Waals surface area contributed by atoms with Crippen LogP contribution in [0.2, 0.25) is 10.2 Å². The number of benzene rings is 1. The van der Waals surface area contributed by atoms with Crippen molar-refractivity contribution in [1.82, 2.24) is 14.8 Å². The lowest BCUT2D eigenvalue weighted by Gasteiger charge is -2.10. The fraction of sp³-hybridized carbons (Fsp3) is 0. The molecule has 3 rings (SSSR count). The normalized spacial score (nSPS) is 11.3. The van der Waals surface area contributed by atoms with Crippen LogP contribution in [0.1, 0.15) is 10.5 Å². The Hall–Kier alpha value is -2.62. The van der Waals surface area contributed by atoms with Crippen LogP contribution >= 0.6 is 23.2 Å². The number of halogens is 2. The molecule has 0 aliphatic carbocycles. The van der Waals surface area contributed by atoms with Crippen molar-refractivity contribution in [3.8, 4) is 5.69 Å². The molecule has 0 radical (unpaired) electrons. The number of nitrogens with one attached hydrogen (secondary N) is 1. The summed E-state index contributed by atoms with van der Waals surface area (Å²) in [6.45, 7) is 0. The molecule has 3 N–H and O–H groups in total. The first-order valence-corrected chi connectivity index (χ1v) is 9.30. The van der Waals surface area contributed by atoms with E-state index in [0.717, 1.165) is 0 Å². The van der Waals surface area contributed by atoms with Gasteiger partial charge in [-0.25, -0.2) is 18.1 Å². The minimum absolute atomic E-state index is 0.123. The topological polar surface area (TPSA) is 120 Å². The second-order valence-electron chi connectivity index (χ2n) is 5.10. The Morgan fingerprint density at radius 2 is 1.85 bits per heavy atom. The molecule has 0 aliphatic heterocycles. The molecule has 0 fully saturated rings. The monoisotopic (exact) mass is 411 g/mol. The number of aromatic nitrogens is 3. The van der Waals surface area contributed by atoms with Gasteiger partial charge in [0.25, 0.3) is 15.9 Å². The molecule has 134 valence electrons. The Labute approximate surface area is 158 Å². The van der Waals surface area contributed by atoms with E-state index in [0.29, 0.717) is 11.4 Å². The highest BCUT2D eigenvalue weighted by Gasteiger charge is 2.19. The minimum atomic E-state index is -3.96. The van der Waals surface area contributed by atoms with Crippen LogP contribution < -0.4 is 10.5 Å². The number of nitrogens with two attached hydrogens (primary N) is 1. The summed E-state index contributed by atoms with van der Waals surface area (Å²) in [4.78, 5) is 14.6. The summed E-state index contributed by atoms with van der Waals surface area (Å²) in [5.41, 5.74) is 6.20. The van der Waals surface area contributed by atoms with Crippen LogP contribution in [0, 0.1) is 0 Å². The zero-order valence-electron chi connectivity index (χ0n) is 12.9. The molecule has 0 unspecified atom stereocenters. The van der Waals surface area contributed by atoms with Crippen molar-refractivity contribution in [1.29, 1.82) is 0 Å². The highest BCUT2D eigenvalue weighted by Crippen LogP contribution is 2.25. The third-order valence-electron chi connectivity index (χ3n) is 3.29. The fourth-order valence-corrected chi connectivity index (χ4v) is 3.83. The van der Waals surface area contributed by atoms with Crippen LogP contribution in [0.15, 0.2) is 53.7 Å². The number of amides is 1. The number of hydrogen-bond acceptors (Lipinski definition) is 5. The number of sulfonamides is 1. The van der Waals surface area contributed by atoms with E-state index < -0.39 is 15.9 Å². The Balaban J connectivity index is 1.84. The average molecular weight is 412 g/mol. The largest absolute Gasteiger partial charge is 0.364 e. The Morgan fingerprint density at radius 1 is 1.15 bits per heavy atom. The van der Waals surface area contributed by atoms with E-state index in [1.54, 1.807) is 18.3 Å². The zero-order chi connectivity index (χ0) is 18.9. The number of anilines is 1. The lowest BCUT2D eigenvalue weighted by Crippen LogP contribution is -2.14. The van der Waals surface area contributed by atoms with Gasteiger partial charge in [-0.1, -0.05) is 23.2 Å². The standard InChI is InChI=1S/C15H11Cl2N5O3S/c16-9-7-13(14(17)19-8-9)26(24,25)21-10-1-3-11(4-2-10)22-6-5-12(20-22)15(18)23/h1-8,21H,(H2,18,23). The van der Waals surface area contributed by atoms with Gasteiger partial charge in [0.05, 0.1) is 10.7 Å². The van der Waals surface area contributed by atoms with Gasteiger partial charge in [-0.2, -0.15) is 5.10 Å². The van der Waals surface area contributed by atoms with E-state index in [9.17, 15) is 13.2 Å². The minimum Gasteiger partial charge on any atom is -0.364 e. The first-order chi connectivity index (χ1) is 12.3. The van der Waals surface area contributed by atoms with Crippen molar-refractivity contribution in [3.63, 3.8) is 0 Å². The Bertz CT molecular complexity index is 1080. The molecule has 1 aromatic carbocycles. The molecule has 2 heterocycles. The van der Waals surface area contributed by atoms with Crippen molar-refractivity contribution < 1.29 is 13.2 Å². The zero-order valence-corrected chi connectivity index (χ0v) is 15.3. The number of pyridine rings is 1. The first kappa shape index (κ1) is 18.2. The summed E-state index contributed by atoms with van der Waals surface area (Å²) in [6, 6.07) is 8.99. The summed E-state index contributed by atoms with van der Waals surface area (Å²) in [5, 5.41) is 3.98. The summed E-state index contributed by atoms with van der Waals surface area (Å²) in [7, 11) is -3.96. The third-order valence-corrected chi connectivity index (χ3v) is 5.30. The summed E-state index contributed by atoms with van der Waals surface area (Å²) in [6.07, 6.45) is 2.82. The number of primary amides is 1. The van der Waals surface area contributed by atoms with Gasteiger partial charge < -0.3 is 5.73 Å². The summed E-state index contributed by atoms with van der Waals surface area (Å²) >= 11 is 11.6. The van der Waals surface area contributed by atoms with Gasteiger partial charge in [0.2, 0.25) is 0 Å². The second kappa shape index (κ2) is 6.94. The molecule has 11 heteroatoms. The maximum atomic E-state index is 12.4. The molecule has 0 bridgehead atoms. The molecular weight excluding hydrogens is 401 g/mol. The van der Waals surface area contributed by atoms with Crippen molar-refractivity contribution in [2.24, 2.45) is 5.73 Å². The number of carbonyl (C=O) groups is 1. The third kappa shape index (κ3) is 3.79. The molecule has 0 saturated carbocycles. The van der Waals surface area contributed by atoms with Crippen molar-refractivity contribution in [3.05, 3.63) is 64.7 Å². The van der Waals surface area contributed by atoms with E-state index >= 15 is 0 Å². The van der Waals surface area contributed by atoms with Gasteiger partial charge in [0.15, 0.2) is 0 Å². The van der Waals surface area contributed by atoms with Crippen molar-refractivity contribution in [2.75, 3.05) is 4.72 Å². The van der Waals surface area contributed by atoms with Gasteiger partial charge in [-0.3, -0.25) is 9.52 Å². The summed E-state index contributed by atoms with van der Waals surface area (Å²) in [5.74, 6) is -0.639. The smallest absolute Gasteiger partial charge is 0.269 e. The van der Waals surface area contributed by atoms with Crippen LogP contribution in [0.3, 0.4) is 0 Å². The molecule has 0 aliphatic rings. The highest BCUT2D eigenvalue weighted by atomic mass is 35.5. The quantitative estimate of drug-likeness (QED) is 0.624. The second-order valence-corrected chi connectivity index (χ2v) is 7.55. The number of nitrogens with zero attached hydrogens (tertiary/aromatic N) is 3. The van der Waals surface area contributed by atoms with Crippen LogP contribution in [-0.4, -0.2) is 29.1 Å². The van der Waals surface area contributed by atoms with E-state index in [4.69, 9.17) is 28.9 Å². The number of rotatable bonds is 5. The van der Waals surface area contributed by atoms with Crippen molar-refractivity contribution >= 4 is 44.8 Å². The summed E-state index contributed by atoms with van der Waals surface area (Å²) < 4.78 is 28.7. The predicted octanol–water partition coefficient (Wildman–Crippen LogP) is 2.47. The van der Waals surface area contributed by atoms with Gasteiger partial charge in [0, 0.05) is 18.1 Å². The molecule has 0 atom stereocenters. The SMILES string of the molecule is NC(=O)c1ccn(-c2ccc(NS(=O)(=O)c3cc(Cl)cnc3Cl)cc2)n1. The molecule has 3 aromatic rings. The lowest BCUT2D eigenvalue weighted by molar-refractivity contribution is 0.0995. The van der Waals surface area contributed by atoms with E-state index in [-0.39, 0.29) is 20.8 Å². The maximum absolute atomic E-state index is 12.4. The fourth-order valence-electron chi connectivity index (χ4n) is 2.08. The van der Waals surface area contributed by atoms with Gasteiger partial charge >= 0.3 is 0 Å². The average Bonchev–Trinajstić information content (AvgIpc) is 3.07. The predicted molar refractivity (Wildman–Crippen MR) is 97.1 cm³/mol. The number of carbonyl (C=O) groups excluding carboxylic acids is 1. The van der Waals surface area contributed by atoms with E-state index in [1.165, 1.54) is 35.1 Å². The number of hydrogen-bond donors (Lipinski definition) is 2. The van der Waals surface area contributed by atoms with Gasteiger partial charge in [-0.15, -0.1) is 0 Å². The van der Waals surface area contributed by atoms with E-state index in [1.807, 2.05) is 0 Å². The molecule has 2 aromatic heterocycles. The van der Waals surface area contributed by atoms with E-state index in [2.05, 4.69) is 14.8 Å². The molecular formula is C15H11Cl2N5O3S. The molecule has 0 saturated heterocycles. The molecule has 0 spiro atoms. The highest BCUT2D eigenvalue weighted by molar-refractivity contribution is 7.92. The maximum Gasteiger partial charge on any atom is 0.269 e. The Morgan fingerprint density at radius 3 is 2.46 bits per heavy atom. The first-order valence-electron chi connectivity index (χ1n) is 7.06. The van der Waals surface area contributed by atoms with Crippen LogP contribution in [0.25, 0.3) is 5.69 Å².